The zero-order valence-corrected chi connectivity index (χ0v) is 14.1. The molecule has 0 atom stereocenters. The molecule has 0 saturated heterocycles. The maximum absolute atomic E-state index is 13.0. The highest BCUT2D eigenvalue weighted by molar-refractivity contribution is 7.98. The van der Waals surface area contributed by atoms with Crippen molar-refractivity contribution < 1.29 is 8.81 Å². The second kappa shape index (κ2) is 6.60. The molecule has 7 heteroatoms. The van der Waals surface area contributed by atoms with Gasteiger partial charge in [-0.1, -0.05) is 11.8 Å². The van der Waals surface area contributed by atoms with Gasteiger partial charge in [-0.15, -0.1) is 0 Å². The molecule has 3 heterocycles. The molecule has 1 aromatic carbocycles. The lowest BCUT2D eigenvalue weighted by Crippen LogP contribution is -1.94. The highest BCUT2D eigenvalue weighted by Crippen LogP contribution is 2.28. The molecule has 0 amide bonds. The lowest BCUT2D eigenvalue weighted by molar-refractivity contribution is 0.529. The molecule has 4 aromatic rings. The van der Waals surface area contributed by atoms with Crippen LogP contribution >= 0.6 is 11.8 Å². The average molecular weight is 352 g/mol. The van der Waals surface area contributed by atoms with Crippen LogP contribution in [0.3, 0.4) is 0 Å². The maximum Gasteiger partial charge on any atom is 0.205 e. The number of rotatable bonds is 4. The molecule has 0 unspecified atom stereocenters. The van der Waals surface area contributed by atoms with E-state index in [1.165, 1.54) is 23.9 Å². The van der Waals surface area contributed by atoms with Crippen molar-refractivity contribution in [3.63, 3.8) is 0 Å². The minimum Gasteiger partial charge on any atom is -0.440 e. The molecular formula is C18H13FN4OS. The van der Waals surface area contributed by atoms with Gasteiger partial charge in [-0.3, -0.25) is 0 Å². The number of hydrogen-bond donors (Lipinski definition) is 0. The Bertz CT molecular complexity index is 1030. The Morgan fingerprint density at radius 1 is 1.08 bits per heavy atom. The van der Waals surface area contributed by atoms with E-state index in [0.717, 1.165) is 16.0 Å². The molecule has 0 spiro atoms. The maximum atomic E-state index is 13.0. The van der Waals surface area contributed by atoms with Crippen molar-refractivity contribution in [2.24, 2.45) is 0 Å². The van der Waals surface area contributed by atoms with E-state index in [1.807, 2.05) is 19.1 Å². The van der Waals surface area contributed by atoms with Crippen LogP contribution < -0.4 is 0 Å². The number of oxazole rings is 1. The SMILES string of the molecule is Cc1nc(SCc2ncc(-c3ccc(F)cc3)o2)c2cccnc2n1. The van der Waals surface area contributed by atoms with E-state index in [-0.39, 0.29) is 5.82 Å². The lowest BCUT2D eigenvalue weighted by atomic mass is 10.2. The second-order valence-corrected chi connectivity index (χ2v) is 6.33. The highest BCUT2D eigenvalue weighted by atomic mass is 32.2. The molecule has 0 aliphatic heterocycles. The number of benzene rings is 1. The van der Waals surface area contributed by atoms with E-state index in [2.05, 4.69) is 19.9 Å². The molecule has 0 aliphatic carbocycles. The Labute approximate surface area is 147 Å². The number of fused-ring (bicyclic) bond motifs is 1. The number of pyridine rings is 1. The first-order valence-corrected chi connectivity index (χ1v) is 8.60. The van der Waals surface area contributed by atoms with Crippen LogP contribution in [0, 0.1) is 12.7 Å². The van der Waals surface area contributed by atoms with Gasteiger partial charge in [0.1, 0.15) is 16.7 Å². The first-order valence-electron chi connectivity index (χ1n) is 7.62. The minimum atomic E-state index is -0.279. The molecule has 25 heavy (non-hydrogen) atoms. The van der Waals surface area contributed by atoms with E-state index in [4.69, 9.17) is 4.42 Å². The summed E-state index contributed by atoms with van der Waals surface area (Å²) in [6.07, 6.45) is 3.36. The van der Waals surface area contributed by atoms with Gasteiger partial charge in [-0.2, -0.15) is 0 Å². The van der Waals surface area contributed by atoms with Crippen molar-refractivity contribution in [2.45, 2.75) is 17.7 Å². The molecule has 4 rings (SSSR count). The van der Waals surface area contributed by atoms with Gasteiger partial charge in [-0.25, -0.2) is 24.3 Å². The van der Waals surface area contributed by atoms with Crippen LogP contribution in [0.15, 0.2) is 58.2 Å². The Hall–Kier alpha value is -2.80. The number of nitrogens with zero attached hydrogens (tertiary/aromatic N) is 4. The fraction of sp³-hybridized carbons (Fsp3) is 0.111. The van der Waals surface area contributed by atoms with Gasteiger partial charge in [-0.05, 0) is 43.3 Å². The van der Waals surface area contributed by atoms with Gasteiger partial charge in [0, 0.05) is 11.8 Å². The molecule has 3 aromatic heterocycles. The summed E-state index contributed by atoms with van der Waals surface area (Å²) in [6.45, 7) is 1.84. The number of hydrogen-bond acceptors (Lipinski definition) is 6. The first kappa shape index (κ1) is 15.7. The molecule has 0 radical (unpaired) electrons. The average Bonchev–Trinajstić information content (AvgIpc) is 3.09. The van der Waals surface area contributed by atoms with Crippen LogP contribution in [-0.4, -0.2) is 19.9 Å². The summed E-state index contributed by atoms with van der Waals surface area (Å²) in [4.78, 5) is 17.4. The number of thioether (sulfide) groups is 1. The molecular weight excluding hydrogens is 339 g/mol. The summed E-state index contributed by atoms with van der Waals surface area (Å²) in [5.74, 6) is 2.12. The van der Waals surface area contributed by atoms with Gasteiger partial charge >= 0.3 is 0 Å². The second-order valence-electron chi connectivity index (χ2n) is 5.36. The highest BCUT2D eigenvalue weighted by Gasteiger charge is 2.11. The Balaban J connectivity index is 1.55. The third-order valence-corrected chi connectivity index (χ3v) is 4.54. The molecule has 0 N–H and O–H groups in total. The summed E-state index contributed by atoms with van der Waals surface area (Å²) in [7, 11) is 0. The smallest absolute Gasteiger partial charge is 0.205 e. The summed E-state index contributed by atoms with van der Waals surface area (Å²) in [6, 6.07) is 9.94. The Morgan fingerprint density at radius 3 is 2.76 bits per heavy atom. The van der Waals surface area contributed by atoms with Crippen molar-refractivity contribution in [3.8, 4) is 11.3 Å². The largest absolute Gasteiger partial charge is 0.440 e. The topological polar surface area (TPSA) is 64.7 Å². The van der Waals surface area contributed by atoms with Crippen molar-refractivity contribution >= 4 is 22.8 Å². The fourth-order valence-corrected chi connectivity index (χ4v) is 3.31. The summed E-state index contributed by atoms with van der Waals surface area (Å²) in [5.41, 5.74) is 1.47. The zero-order chi connectivity index (χ0) is 17.2. The predicted octanol–water partition coefficient (Wildman–Crippen LogP) is 4.42. The summed E-state index contributed by atoms with van der Waals surface area (Å²) >= 11 is 1.52. The van der Waals surface area contributed by atoms with Crippen LogP contribution in [0.4, 0.5) is 4.39 Å². The minimum absolute atomic E-state index is 0.279. The summed E-state index contributed by atoms with van der Waals surface area (Å²) < 4.78 is 18.8. The number of aromatic nitrogens is 4. The molecule has 0 bridgehead atoms. The van der Waals surface area contributed by atoms with Gasteiger partial charge in [0.2, 0.25) is 5.89 Å². The van der Waals surface area contributed by atoms with Crippen LogP contribution in [0.1, 0.15) is 11.7 Å². The molecule has 124 valence electrons. The van der Waals surface area contributed by atoms with Crippen molar-refractivity contribution in [2.75, 3.05) is 0 Å². The third-order valence-electron chi connectivity index (χ3n) is 3.56. The van der Waals surface area contributed by atoms with Crippen LogP contribution in [0.5, 0.6) is 0 Å². The Kier molecular flexibility index (Phi) is 4.15. The van der Waals surface area contributed by atoms with E-state index in [1.54, 1.807) is 24.5 Å². The molecule has 0 fully saturated rings. The van der Waals surface area contributed by atoms with Crippen molar-refractivity contribution in [3.05, 3.63) is 66.3 Å². The monoisotopic (exact) mass is 352 g/mol. The number of aryl methyl sites for hydroxylation is 1. The van der Waals surface area contributed by atoms with Crippen molar-refractivity contribution in [1.82, 2.24) is 19.9 Å². The molecule has 5 nitrogen and oxygen atoms in total. The van der Waals surface area contributed by atoms with Gasteiger partial charge in [0.05, 0.1) is 17.3 Å². The third kappa shape index (κ3) is 3.36. The Morgan fingerprint density at radius 2 is 1.92 bits per heavy atom. The van der Waals surface area contributed by atoms with Crippen LogP contribution in [0.25, 0.3) is 22.4 Å². The van der Waals surface area contributed by atoms with Crippen molar-refractivity contribution in [1.29, 1.82) is 0 Å². The van der Waals surface area contributed by atoms with E-state index >= 15 is 0 Å². The quantitative estimate of drug-likeness (QED) is 0.400. The molecule has 0 saturated carbocycles. The number of halogens is 1. The standard InChI is InChI=1S/C18H13FN4OS/c1-11-22-17-14(3-2-8-20-17)18(23-11)25-10-16-21-9-15(24-16)12-4-6-13(19)7-5-12/h2-9H,10H2,1H3. The predicted molar refractivity (Wildman–Crippen MR) is 93.5 cm³/mol. The lowest BCUT2D eigenvalue weighted by Gasteiger charge is -2.04. The first-order chi connectivity index (χ1) is 12.2. The van der Waals surface area contributed by atoms with Crippen LogP contribution in [0.2, 0.25) is 0 Å². The van der Waals surface area contributed by atoms with Gasteiger partial charge < -0.3 is 4.42 Å². The van der Waals surface area contributed by atoms with Gasteiger partial charge in [0.15, 0.2) is 11.4 Å². The molecule has 0 aliphatic rings. The van der Waals surface area contributed by atoms with E-state index in [0.29, 0.717) is 28.9 Å². The van der Waals surface area contributed by atoms with Gasteiger partial charge in [0.25, 0.3) is 0 Å². The summed E-state index contributed by atoms with van der Waals surface area (Å²) in [5, 5.41) is 1.75. The normalized spacial score (nSPS) is 11.1. The van der Waals surface area contributed by atoms with Crippen LogP contribution in [-0.2, 0) is 5.75 Å². The zero-order valence-electron chi connectivity index (χ0n) is 13.3. The van der Waals surface area contributed by atoms with E-state index in [9.17, 15) is 4.39 Å². The van der Waals surface area contributed by atoms with E-state index < -0.39 is 0 Å². The fourth-order valence-electron chi connectivity index (χ4n) is 2.40.